The van der Waals surface area contributed by atoms with Crippen molar-refractivity contribution in [3.63, 3.8) is 0 Å². The third kappa shape index (κ3) is 5.74. The van der Waals surface area contributed by atoms with Crippen LogP contribution in [-0.2, 0) is 14.8 Å². The molecule has 0 aliphatic heterocycles. The van der Waals surface area contributed by atoms with Gasteiger partial charge in [0, 0.05) is 12.6 Å². The number of sulfonamides is 1. The van der Waals surface area contributed by atoms with Gasteiger partial charge in [-0.1, -0.05) is 6.07 Å². The average molecular weight is 484 g/mol. The van der Waals surface area contributed by atoms with Crippen molar-refractivity contribution in [3.8, 4) is 11.5 Å². The maximum Gasteiger partial charge on any atom is 0.338 e. The Labute approximate surface area is 198 Å². The number of Topliss-reactive ketones (excluding diaryl/α,β-unsaturated/α-hetero) is 1. The molecule has 0 radical (unpaired) electrons. The molecule has 9 heteroatoms. The number of carbonyl (C=O) groups is 2. The lowest BCUT2D eigenvalue weighted by molar-refractivity contribution is 0.0474. The lowest BCUT2D eigenvalue weighted by atomic mass is 10.1. The van der Waals surface area contributed by atoms with E-state index in [1.54, 1.807) is 48.5 Å². The van der Waals surface area contributed by atoms with E-state index in [0.717, 1.165) is 4.31 Å². The fourth-order valence-corrected chi connectivity index (χ4v) is 4.32. The van der Waals surface area contributed by atoms with Gasteiger partial charge in [0.25, 0.3) is 10.0 Å². The first-order chi connectivity index (χ1) is 16.3. The highest BCUT2D eigenvalue weighted by Crippen LogP contribution is 2.25. The van der Waals surface area contributed by atoms with Gasteiger partial charge in [-0.15, -0.1) is 0 Å². The SMILES string of the molecule is CCOc1ccc(C(=O)COC(=O)c2cccc(S(=O)(=O)N(C)c3ccc(OC)cc3)c2)cc1. The van der Waals surface area contributed by atoms with Crippen LogP contribution in [0.3, 0.4) is 0 Å². The lowest BCUT2D eigenvalue weighted by Gasteiger charge is -2.20. The summed E-state index contributed by atoms with van der Waals surface area (Å²) in [7, 11) is -1.01. The molecule has 34 heavy (non-hydrogen) atoms. The molecule has 0 atom stereocenters. The van der Waals surface area contributed by atoms with Gasteiger partial charge in [-0.05, 0) is 73.7 Å². The number of anilines is 1. The van der Waals surface area contributed by atoms with Crippen molar-refractivity contribution in [3.05, 3.63) is 83.9 Å². The number of hydrogen-bond acceptors (Lipinski definition) is 7. The van der Waals surface area contributed by atoms with E-state index in [1.807, 2.05) is 6.92 Å². The van der Waals surface area contributed by atoms with Crippen LogP contribution in [0.1, 0.15) is 27.6 Å². The third-order valence-corrected chi connectivity index (χ3v) is 6.77. The Morgan fingerprint density at radius 3 is 2.15 bits per heavy atom. The zero-order chi connectivity index (χ0) is 24.7. The van der Waals surface area contributed by atoms with E-state index in [4.69, 9.17) is 14.2 Å². The standard InChI is InChI=1S/C25H25NO7S/c1-4-32-22-12-8-18(9-13-22)24(27)17-33-25(28)19-6-5-7-23(16-19)34(29,30)26(2)20-10-14-21(31-3)15-11-20/h5-16H,4,17H2,1-3H3. The van der Waals surface area contributed by atoms with Gasteiger partial charge in [0.1, 0.15) is 11.5 Å². The Morgan fingerprint density at radius 1 is 0.882 bits per heavy atom. The van der Waals surface area contributed by atoms with Crippen LogP contribution < -0.4 is 13.8 Å². The van der Waals surface area contributed by atoms with E-state index < -0.39 is 22.6 Å². The second-order valence-corrected chi connectivity index (χ2v) is 9.12. The molecular weight excluding hydrogens is 458 g/mol. The van der Waals surface area contributed by atoms with Gasteiger partial charge in [0.05, 0.1) is 29.9 Å². The Morgan fingerprint density at radius 2 is 1.53 bits per heavy atom. The predicted octanol–water partition coefficient (Wildman–Crippen LogP) is 3.96. The molecule has 0 bridgehead atoms. The summed E-state index contributed by atoms with van der Waals surface area (Å²) in [4.78, 5) is 24.7. The Bertz CT molecular complexity index is 1250. The summed E-state index contributed by atoms with van der Waals surface area (Å²) in [5, 5.41) is 0. The molecule has 0 aromatic heterocycles. The van der Waals surface area contributed by atoms with E-state index >= 15 is 0 Å². The Balaban J connectivity index is 1.69. The number of ketones is 1. The van der Waals surface area contributed by atoms with Gasteiger partial charge in [0.2, 0.25) is 0 Å². The lowest BCUT2D eigenvalue weighted by Crippen LogP contribution is -2.26. The monoisotopic (exact) mass is 483 g/mol. The highest BCUT2D eigenvalue weighted by molar-refractivity contribution is 7.92. The van der Waals surface area contributed by atoms with Crippen LogP contribution in [0, 0.1) is 0 Å². The van der Waals surface area contributed by atoms with Crippen molar-refractivity contribution in [1.29, 1.82) is 0 Å². The molecule has 178 valence electrons. The molecular formula is C25H25NO7S. The van der Waals surface area contributed by atoms with Crippen molar-refractivity contribution in [2.75, 3.05) is 31.7 Å². The first-order valence-electron chi connectivity index (χ1n) is 10.4. The highest BCUT2D eigenvalue weighted by atomic mass is 32.2. The van der Waals surface area contributed by atoms with Gasteiger partial charge in [-0.2, -0.15) is 0 Å². The van der Waals surface area contributed by atoms with Crippen LogP contribution in [0.5, 0.6) is 11.5 Å². The summed E-state index contributed by atoms with van der Waals surface area (Å²) < 4.78 is 42.8. The fraction of sp³-hybridized carbons (Fsp3) is 0.200. The number of nitrogens with zero attached hydrogens (tertiary/aromatic N) is 1. The molecule has 0 saturated heterocycles. The number of esters is 1. The third-order valence-electron chi connectivity index (χ3n) is 4.99. The summed E-state index contributed by atoms with van der Waals surface area (Å²) >= 11 is 0. The number of methoxy groups -OCH3 is 1. The number of benzene rings is 3. The molecule has 3 aromatic carbocycles. The van der Waals surface area contributed by atoms with Gasteiger partial charge in [-0.3, -0.25) is 9.10 Å². The maximum absolute atomic E-state index is 13.1. The Kier molecular flexibility index (Phi) is 7.91. The second kappa shape index (κ2) is 10.8. The van der Waals surface area contributed by atoms with Crippen molar-refractivity contribution in [1.82, 2.24) is 0 Å². The summed E-state index contributed by atoms with van der Waals surface area (Å²) in [6.45, 7) is 1.89. The molecule has 0 fully saturated rings. The molecule has 3 rings (SSSR count). The molecule has 0 N–H and O–H groups in total. The van der Waals surface area contributed by atoms with Crippen LogP contribution in [-0.4, -0.2) is 47.5 Å². The molecule has 8 nitrogen and oxygen atoms in total. The Hall–Kier alpha value is -3.85. The molecule has 0 unspecified atom stereocenters. The van der Waals surface area contributed by atoms with Crippen LogP contribution in [0.15, 0.2) is 77.7 Å². The maximum atomic E-state index is 13.1. The van der Waals surface area contributed by atoms with E-state index in [-0.39, 0.29) is 16.2 Å². The van der Waals surface area contributed by atoms with Crippen molar-refractivity contribution in [2.24, 2.45) is 0 Å². The van der Waals surface area contributed by atoms with Crippen LogP contribution in [0.25, 0.3) is 0 Å². The first-order valence-corrected chi connectivity index (χ1v) is 11.9. The van der Waals surface area contributed by atoms with E-state index in [2.05, 4.69) is 0 Å². The smallest absolute Gasteiger partial charge is 0.338 e. The summed E-state index contributed by atoms with van der Waals surface area (Å²) in [6, 6.07) is 18.5. The van der Waals surface area contributed by atoms with E-state index in [1.165, 1.54) is 38.4 Å². The molecule has 3 aromatic rings. The second-order valence-electron chi connectivity index (χ2n) is 7.16. The highest BCUT2D eigenvalue weighted by Gasteiger charge is 2.23. The quantitative estimate of drug-likeness (QED) is 0.318. The number of hydrogen-bond donors (Lipinski definition) is 0. The van der Waals surface area contributed by atoms with Crippen molar-refractivity contribution < 1.29 is 32.2 Å². The largest absolute Gasteiger partial charge is 0.497 e. The van der Waals surface area contributed by atoms with Gasteiger partial charge >= 0.3 is 5.97 Å². The van der Waals surface area contributed by atoms with Crippen LogP contribution in [0.2, 0.25) is 0 Å². The number of rotatable bonds is 10. The zero-order valence-electron chi connectivity index (χ0n) is 19.1. The minimum absolute atomic E-state index is 0.0173. The van der Waals surface area contributed by atoms with Gasteiger partial charge in [0.15, 0.2) is 12.4 Å². The minimum atomic E-state index is -3.94. The molecule has 0 saturated carbocycles. The fourth-order valence-electron chi connectivity index (χ4n) is 3.07. The molecule has 0 aliphatic carbocycles. The van der Waals surface area contributed by atoms with Gasteiger partial charge < -0.3 is 14.2 Å². The summed E-state index contributed by atoms with van der Waals surface area (Å²) in [6.07, 6.45) is 0. The normalized spacial score (nSPS) is 10.9. The van der Waals surface area contributed by atoms with E-state index in [9.17, 15) is 18.0 Å². The molecule has 0 aliphatic rings. The predicted molar refractivity (Wildman–Crippen MR) is 127 cm³/mol. The summed E-state index contributed by atoms with van der Waals surface area (Å²) in [5.41, 5.74) is 0.812. The average Bonchev–Trinajstić information content (AvgIpc) is 2.87. The number of ether oxygens (including phenoxy) is 3. The zero-order valence-corrected chi connectivity index (χ0v) is 19.9. The topological polar surface area (TPSA) is 99.2 Å². The molecule has 0 spiro atoms. The van der Waals surface area contributed by atoms with Crippen LogP contribution in [0.4, 0.5) is 5.69 Å². The first kappa shape index (κ1) is 24.8. The molecule has 0 heterocycles. The van der Waals surface area contributed by atoms with Crippen LogP contribution >= 0.6 is 0 Å². The van der Waals surface area contributed by atoms with Crippen molar-refractivity contribution in [2.45, 2.75) is 11.8 Å². The van der Waals surface area contributed by atoms with Crippen molar-refractivity contribution >= 4 is 27.5 Å². The van der Waals surface area contributed by atoms with E-state index in [0.29, 0.717) is 29.4 Å². The minimum Gasteiger partial charge on any atom is -0.497 e. The van der Waals surface area contributed by atoms with Gasteiger partial charge in [-0.25, -0.2) is 13.2 Å². The molecule has 0 amide bonds. The number of carbonyl (C=O) groups excluding carboxylic acids is 2. The summed E-state index contributed by atoms with van der Waals surface area (Å²) in [5.74, 6) is 0.0376.